The maximum Gasteiger partial charge on any atom is 0.500 e. The van der Waals surface area contributed by atoms with Gasteiger partial charge in [0.05, 0.1) is 0 Å². The third-order valence-corrected chi connectivity index (χ3v) is 16.7. The molecule has 0 rings (SSSR count). The van der Waals surface area contributed by atoms with Crippen LogP contribution in [0.3, 0.4) is 0 Å². The Morgan fingerprint density at radius 3 is 1.45 bits per heavy atom. The summed E-state index contributed by atoms with van der Waals surface area (Å²) in [6, 6.07) is 6.15. The van der Waals surface area contributed by atoms with Crippen LogP contribution in [0, 0.1) is 0 Å². The number of alkyl halides is 2. The van der Waals surface area contributed by atoms with Gasteiger partial charge in [0.2, 0.25) is 0 Å². The molecule has 200 valence electrons. The Balaban J connectivity index is 3.91. The molecule has 0 bridgehead atoms. The van der Waals surface area contributed by atoms with Crippen LogP contribution in [0.4, 0.5) is 8.78 Å². The molecule has 0 heterocycles. The van der Waals surface area contributed by atoms with Crippen LogP contribution in [-0.2, 0) is 22.8 Å². The van der Waals surface area contributed by atoms with E-state index in [9.17, 15) is 8.78 Å². The summed E-state index contributed by atoms with van der Waals surface area (Å²) in [7, 11) is 1.17. The van der Waals surface area contributed by atoms with Gasteiger partial charge < -0.3 is 22.8 Å². The first kappa shape index (κ1) is 33.3. The van der Waals surface area contributed by atoms with E-state index >= 15 is 0 Å². The molecule has 0 aliphatic carbocycles. The number of unbranched alkanes of at least 4 members (excludes halogenated alkanes) is 5. The second-order valence-corrected chi connectivity index (χ2v) is 24.5. The topological polar surface area (TPSA) is 46.2 Å². The monoisotopic (exact) mass is 530 g/mol. The van der Waals surface area contributed by atoms with Gasteiger partial charge in [-0.15, -0.1) is 0 Å². The quantitative estimate of drug-likeness (QED) is 0.109. The number of rotatable bonds is 22. The molecule has 0 aromatic heterocycles. The molecule has 0 aliphatic heterocycles. The zero-order chi connectivity index (χ0) is 25.4. The minimum Gasteiger partial charge on any atom is -0.377 e. The van der Waals surface area contributed by atoms with Crippen molar-refractivity contribution in [1.29, 1.82) is 0 Å². The van der Waals surface area contributed by atoms with Crippen LogP contribution >= 0.6 is 0 Å². The molecule has 0 aliphatic rings. The largest absolute Gasteiger partial charge is 0.500 e. The molecular weight excluding hydrogens is 479 g/mol. The Morgan fingerprint density at radius 1 is 0.576 bits per heavy atom. The molecule has 0 saturated carbocycles. The van der Waals surface area contributed by atoms with Crippen LogP contribution in [0.15, 0.2) is 0 Å². The van der Waals surface area contributed by atoms with Gasteiger partial charge in [0.15, 0.2) is 0 Å². The van der Waals surface area contributed by atoms with Gasteiger partial charge in [0, 0.05) is 57.2 Å². The predicted molar refractivity (Wildman–Crippen MR) is 141 cm³/mol. The van der Waals surface area contributed by atoms with Crippen molar-refractivity contribution >= 4 is 25.0 Å². The van der Waals surface area contributed by atoms with Crippen LogP contribution < -0.4 is 0 Å². The number of hydrogen-bond donors (Lipinski definition) is 0. The van der Waals surface area contributed by atoms with Gasteiger partial charge in [-0.3, -0.25) is 0 Å². The van der Waals surface area contributed by atoms with Gasteiger partial charge in [-0.2, -0.15) is 8.78 Å². The van der Waals surface area contributed by atoms with Gasteiger partial charge >= 0.3 is 14.9 Å². The standard InChI is InChI=1S/C23H52F2O5Si3/c1-26-23(24,25)22-30-16-15-18-32(7,8)21-20-31(5,6)17-13-11-9-10-12-14-19-33(27-2,28-3)29-4/h9-22H2,1-8H3. The van der Waals surface area contributed by atoms with Gasteiger partial charge in [-0.1, -0.05) is 82.5 Å². The van der Waals surface area contributed by atoms with E-state index in [-0.39, 0.29) is 0 Å². The smallest absolute Gasteiger partial charge is 0.377 e. The van der Waals surface area contributed by atoms with Crippen LogP contribution in [0.5, 0.6) is 0 Å². The van der Waals surface area contributed by atoms with Gasteiger partial charge in [-0.25, -0.2) is 0 Å². The highest BCUT2D eigenvalue weighted by Crippen LogP contribution is 2.28. The highest BCUT2D eigenvalue weighted by molar-refractivity contribution is 6.82. The fourth-order valence-corrected chi connectivity index (χ4v) is 14.1. The minimum absolute atomic E-state index is 0.391. The SMILES string of the molecule is COC(F)(F)COCCC[Si](C)(C)CC[Si](C)(C)CCCCCCCC[Si](OC)(OC)OC. The Bertz CT molecular complexity index is 484. The molecule has 0 amide bonds. The predicted octanol–water partition coefficient (Wildman–Crippen LogP) is 7.27. The third-order valence-electron chi connectivity index (χ3n) is 6.71. The maximum absolute atomic E-state index is 13.0. The van der Waals surface area contributed by atoms with E-state index in [1.54, 1.807) is 21.3 Å². The Morgan fingerprint density at radius 2 is 1.00 bits per heavy atom. The highest BCUT2D eigenvalue weighted by atomic mass is 28.4. The van der Waals surface area contributed by atoms with Crippen molar-refractivity contribution in [3.63, 3.8) is 0 Å². The van der Waals surface area contributed by atoms with E-state index in [0.717, 1.165) is 32.0 Å². The summed E-state index contributed by atoms with van der Waals surface area (Å²) in [5.74, 6) is 0. The summed E-state index contributed by atoms with van der Waals surface area (Å²) >= 11 is 0. The molecule has 0 radical (unpaired) electrons. The molecule has 5 nitrogen and oxygen atoms in total. The van der Waals surface area contributed by atoms with Crippen molar-refractivity contribution < 1.29 is 31.5 Å². The average Bonchev–Trinajstić information content (AvgIpc) is 2.77. The molecule has 0 aromatic rings. The highest BCUT2D eigenvalue weighted by Gasteiger charge is 2.36. The molecule has 0 spiro atoms. The Labute approximate surface area is 205 Å². The first-order valence-electron chi connectivity index (χ1n) is 12.5. The summed E-state index contributed by atoms with van der Waals surface area (Å²) in [5.41, 5.74) is 0. The summed E-state index contributed by atoms with van der Waals surface area (Å²) in [5, 5.41) is 0. The number of halogens is 2. The zero-order valence-corrected chi connectivity index (χ0v) is 25.7. The fraction of sp³-hybridized carbons (Fsp3) is 1.00. The van der Waals surface area contributed by atoms with E-state index in [2.05, 4.69) is 30.9 Å². The molecular formula is C23H52F2O5Si3. The summed E-state index contributed by atoms with van der Waals surface area (Å²) in [4.78, 5) is 0. The van der Waals surface area contributed by atoms with Crippen molar-refractivity contribution in [2.24, 2.45) is 0 Å². The normalized spacial score (nSPS) is 13.6. The number of hydrogen-bond acceptors (Lipinski definition) is 5. The molecule has 0 saturated heterocycles. The van der Waals surface area contributed by atoms with E-state index in [1.165, 1.54) is 50.2 Å². The molecule has 0 aromatic carbocycles. The first-order chi connectivity index (χ1) is 15.4. The minimum atomic E-state index is -3.17. The van der Waals surface area contributed by atoms with E-state index in [1.807, 2.05) is 0 Å². The lowest BCUT2D eigenvalue weighted by atomic mass is 10.1. The molecule has 10 heteroatoms. The van der Waals surface area contributed by atoms with Crippen LogP contribution in [0.2, 0.25) is 56.4 Å². The average molecular weight is 531 g/mol. The summed E-state index contributed by atoms with van der Waals surface area (Å²) in [6.45, 7) is 9.64. The molecule has 0 N–H and O–H groups in total. The van der Waals surface area contributed by atoms with Crippen LogP contribution in [0.1, 0.15) is 44.9 Å². The lowest BCUT2D eigenvalue weighted by Gasteiger charge is -2.29. The zero-order valence-electron chi connectivity index (χ0n) is 22.7. The number of methoxy groups -OCH3 is 1. The van der Waals surface area contributed by atoms with Crippen LogP contribution in [-0.4, -0.2) is 72.7 Å². The van der Waals surface area contributed by atoms with E-state index in [0.29, 0.717) is 6.61 Å². The molecule has 0 unspecified atom stereocenters. The number of ether oxygens (including phenoxy) is 2. The van der Waals surface area contributed by atoms with Gasteiger partial charge in [0.25, 0.3) is 0 Å². The molecule has 0 fully saturated rings. The lowest BCUT2D eigenvalue weighted by Crippen LogP contribution is -2.42. The third kappa shape index (κ3) is 16.6. The van der Waals surface area contributed by atoms with Crippen molar-refractivity contribution in [1.82, 2.24) is 0 Å². The van der Waals surface area contributed by atoms with Crippen LogP contribution in [0.25, 0.3) is 0 Å². The lowest BCUT2D eigenvalue weighted by molar-refractivity contribution is -0.249. The molecule has 33 heavy (non-hydrogen) atoms. The van der Waals surface area contributed by atoms with Crippen molar-refractivity contribution in [3.05, 3.63) is 0 Å². The van der Waals surface area contributed by atoms with Crippen molar-refractivity contribution in [3.8, 4) is 0 Å². The van der Waals surface area contributed by atoms with E-state index in [4.69, 9.17) is 18.0 Å². The van der Waals surface area contributed by atoms with E-state index < -0.39 is 37.7 Å². The van der Waals surface area contributed by atoms with Gasteiger partial charge in [0.1, 0.15) is 6.61 Å². The van der Waals surface area contributed by atoms with Crippen molar-refractivity contribution in [2.45, 2.75) is 107 Å². The first-order valence-corrected chi connectivity index (χ1v) is 21.3. The van der Waals surface area contributed by atoms with Crippen molar-refractivity contribution in [2.75, 3.05) is 41.7 Å². The summed E-state index contributed by atoms with van der Waals surface area (Å²) < 4.78 is 51.6. The maximum atomic E-state index is 13.0. The second kappa shape index (κ2) is 16.9. The Hall–Kier alpha value is 0.311. The fourth-order valence-electron chi connectivity index (χ4n) is 4.04. The van der Waals surface area contributed by atoms with Gasteiger partial charge in [-0.05, 0) is 12.8 Å². The second-order valence-electron chi connectivity index (χ2n) is 10.7. The summed E-state index contributed by atoms with van der Waals surface area (Å²) in [6.07, 6.45) is 5.23. The Kier molecular flexibility index (Phi) is 17.0. The molecule has 0 atom stereocenters.